The Balaban J connectivity index is 2.37. The van der Waals surface area contributed by atoms with E-state index < -0.39 is 0 Å². The van der Waals surface area contributed by atoms with Gasteiger partial charge in [-0.15, -0.1) is 0 Å². The molecule has 2 aliphatic carbocycles. The van der Waals surface area contributed by atoms with Crippen molar-refractivity contribution in [3.05, 3.63) is 47.6 Å². The van der Waals surface area contributed by atoms with Crippen LogP contribution in [0.1, 0.15) is 53.9 Å². The first-order chi connectivity index (χ1) is 9.33. The number of hydrogen-bond donors (Lipinski definition) is 0. The van der Waals surface area contributed by atoms with E-state index in [1.165, 1.54) is 11.1 Å². The molecule has 0 aromatic rings. The van der Waals surface area contributed by atoms with Crippen molar-refractivity contribution >= 4 is 0 Å². The first-order valence-electron chi connectivity index (χ1n) is 7.75. The number of ether oxygens (including phenoxy) is 1. The SMILES string of the molecule is CC(C)OC1(CC2=CCC=C2)CC=CC=C1C(C)(C)C. The zero-order valence-electron chi connectivity index (χ0n) is 13.6. The predicted molar refractivity (Wildman–Crippen MR) is 86.7 cm³/mol. The molecule has 0 amide bonds. The number of allylic oxidation sites excluding steroid dienone is 5. The minimum absolute atomic E-state index is 0.128. The van der Waals surface area contributed by atoms with Gasteiger partial charge < -0.3 is 4.74 Å². The van der Waals surface area contributed by atoms with Crippen molar-refractivity contribution in [2.45, 2.75) is 65.6 Å². The Morgan fingerprint density at radius 1 is 1.25 bits per heavy atom. The summed E-state index contributed by atoms with van der Waals surface area (Å²) in [6, 6.07) is 0. The highest BCUT2D eigenvalue weighted by Crippen LogP contribution is 2.45. The molecule has 0 bridgehead atoms. The van der Waals surface area contributed by atoms with Gasteiger partial charge in [-0.3, -0.25) is 0 Å². The van der Waals surface area contributed by atoms with Crippen LogP contribution in [-0.4, -0.2) is 11.7 Å². The van der Waals surface area contributed by atoms with Gasteiger partial charge in [-0.05, 0) is 43.3 Å². The minimum Gasteiger partial charge on any atom is -0.367 e. The molecular formula is C19H28O. The Bertz CT molecular complexity index is 468. The minimum atomic E-state index is -0.179. The summed E-state index contributed by atoms with van der Waals surface area (Å²) >= 11 is 0. The standard InChI is InChI=1S/C19H28O/c1-15(2)20-19(14-16-10-6-7-11-16)13-9-8-12-17(19)18(3,4)5/h6,8-12,15H,7,13-14H2,1-5H3. The number of rotatable bonds is 4. The van der Waals surface area contributed by atoms with Gasteiger partial charge in [0, 0.05) is 6.42 Å². The van der Waals surface area contributed by atoms with Gasteiger partial charge in [0.15, 0.2) is 0 Å². The van der Waals surface area contributed by atoms with Crippen molar-refractivity contribution in [2.24, 2.45) is 5.41 Å². The molecule has 110 valence electrons. The summed E-state index contributed by atoms with van der Waals surface area (Å²) in [7, 11) is 0. The largest absolute Gasteiger partial charge is 0.367 e. The highest BCUT2D eigenvalue weighted by Gasteiger charge is 2.41. The normalized spacial score (nSPS) is 26.1. The summed E-state index contributed by atoms with van der Waals surface area (Å²) in [5.41, 5.74) is 2.78. The second-order valence-electron chi connectivity index (χ2n) is 7.22. The molecule has 0 saturated heterocycles. The Morgan fingerprint density at radius 2 is 2.00 bits per heavy atom. The third-order valence-electron chi connectivity index (χ3n) is 3.94. The zero-order valence-corrected chi connectivity index (χ0v) is 13.6. The summed E-state index contributed by atoms with van der Waals surface area (Å²) in [6.45, 7) is 11.1. The average Bonchev–Trinajstić information content (AvgIpc) is 2.79. The van der Waals surface area contributed by atoms with Gasteiger partial charge in [0.05, 0.1) is 11.7 Å². The van der Waals surface area contributed by atoms with Gasteiger partial charge in [0.25, 0.3) is 0 Å². The molecule has 0 N–H and O–H groups in total. The lowest BCUT2D eigenvalue weighted by Gasteiger charge is -2.44. The van der Waals surface area contributed by atoms with Crippen LogP contribution in [0.15, 0.2) is 47.6 Å². The van der Waals surface area contributed by atoms with Crippen molar-refractivity contribution < 1.29 is 4.74 Å². The Morgan fingerprint density at radius 3 is 2.55 bits per heavy atom. The molecule has 0 aromatic carbocycles. The van der Waals surface area contributed by atoms with Crippen molar-refractivity contribution in [1.29, 1.82) is 0 Å². The van der Waals surface area contributed by atoms with Crippen molar-refractivity contribution in [3.8, 4) is 0 Å². The lowest BCUT2D eigenvalue weighted by atomic mass is 9.70. The average molecular weight is 272 g/mol. The van der Waals surface area contributed by atoms with Crippen LogP contribution in [0.3, 0.4) is 0 Å². The van der Waals surface area contributed by atoms with E-state index >= 15 is 0 Å². The maximum atomic E-state index is 6.49. The van der Waals surface area contributed by atoms with E-state index in [0.717, 1.165) is 19.3 Å². The first-order valence-corrected chi connectivity index (χ1v) is 7.75. The van der Waals surface area contributed by atoms with Gasteiger partial charge >= 0.3 is 0 Å². The van der Waals surface area contributed by atoms with Crippen molar-refractivity contribution in [2.75, 3.05) is 0 Å². The second kappa shape index (κ2) is 5.73. The van der Waals surface area contributed by atoms with E-state index in [-0.39, 0.29) is 17.1 Å². The molecule has 0 aromatic heterocycles. The molecular weight excluding hydrogens is 244 g/mol. The monoisotopic (exact) mass is 272 g/mol. The fraction of sp³-hybridized carbons (Fsp3) is 0.579. The van der Waals surface area contributed by atoms with E-state index in [1.807, 2.05) is 0 Å². The third kappa shape index (κ3) is 3.32. The van der Waals surface area contributed by atoms with E-state index in [4.69, 9.17) is 4.74 Å². The molecule has 0 spiro atoms. The summed E-state index contributed by atoms with van der Waals surface area (Å²) < 4.78 is 6.49. The van der Waals surface area contributed by atoms with E-state index in [1.54, 1.807) is 0 Å². The molecule has 0 radical (unpaired) electrons. The molecule has 1 atom stereocenters. The number of hydrogen-bond acceptors (Lipinski definition) is 1. The van der Waals surface area contributed by atoms with Crippen molar-refractivity contribution in [3.63, 3.8) is 0 Å². The molecule has 20 heavy (non-hydrogen) atoms. The van der Waals surface area contributed by atoms with Crippen LogP contribution in [0.25, 0.3) is 0 Å². The highest BCUT2D eigenvalue weighted by atomic mass is 16.5. The van der Waals surface area contributed by atoms with Crippen LogP contribution < -0.4 is 0 Å². The van der Waals surface area contributed by atoms with Gasteiger partial charge in [0.2, 0.25) is 0 Å². The molecule has 0 fully saturated rings. The Labute approximate surface area is 124 Å². The molecule has 1 heteroatoms. The van der Waals surface area contributed by atoms with Crippen LogP contribution in [0.4, 0.5) is 0 Å². The predicted octanol–water partition coefficient (Wildman–Crippen LogP) is 5.36. The summed E-state index contributed by atoms with van der Waals surface area (Å²) in [6.07, 6.45) is 16.8. The topological polar surface area (TPSA) is 9.23 Å². The van der Waals surface area contributed by atoms with E-state index in [0.29, 0.717) is 0 Å². The smallest absolute Gasteiger partial charge is 0.0977 e. The quantitative estimate of drug-likeness (QED) is 0.669. The summed E-state index contributed by atoms with van der Waals surface area (Å²) in [4.78, 5) is 0. The third-order valence-corrected chi connectivity index (χ3v) is 3.94. The van der Waals surface area contributed by atoms with Crippen molar-refractivity contribution in [1.82, 2.24) is 0 Å². The summed E-state index contributed by atoms with van der Waals surface area (Å²) in [5.74, 6) is 0. The van der Waals surface area contributed by atoms with Gasteiger partial charge in [-0.2, -0.15) is 0 Å². The van der Waals surface area contributed by atoms with Gasteiger partial charge in [-0.25, -0.2) is 0 Å². The van der Waals surface area contributed by atoms with E-state index in [2.05, 4.69) is 71.1 Å². The van der Waals surface area contributed by atoms with Crippen LogP contribution in [0, 0.1) is 5.41 Å². The molecule has 2 aliphatic rings. The van der Waals surface area contributed by atoms with Gasteiger partial charge in [-0.1, -0.05) is 57.2 Å². The molecule has 1 nitrogen and oxygen atoms in total. The van der Waals surface area contributed by atoms with Crippen LogP contribution in [0.5, 0.6) is 0 Å². The molecule has 2 rings (SSSR count). The first kappa shape index (κ1) is 15.3. The lowest BCUT2D eigenvalue weighted by molar-refractivity contribution is -0.0624. The fourth-order valence-corrected chi connectivity index (χ4v) is 3.36. The molecule has 0 heterocycles. The molecule has 1 unspecified atom stereocenters. The Kier molecular flexibility index (Phi) is 4.39. The zero-order chi connectivity index (χ0) is 14.8. The maximum Gasteiger partial charge on any atom is 0.0977 e. The van der Waals surface area contributed by atoms with Crippen LogP contribution in [-0.2, 0) is 4.74 Å². The van der Waals surface area contributed by atoms with Crippen LogP contribution in [0.2, 0.25) is 0 Å². The molecule has 0 aliphatic heterocycles. The van der Waals surface area contributed by atoms with Crippen LogP contribution >= 0.6 is 0 Å². The summed E-state index contributed by atoms with van der Waals surface area (Å²) in [5, 5.41) is 0. The second-order valence-corrected chi connectivity index (χ2v) is 7.22. The molecule has 0 saturated carbocycles. The highest BCUT2D eigenvalue weighted by molar-refractivity contribution is 5.38. The maximum absolute atomic E-state index is 6.49. The fourth-order valence-electron chi connectivity index (χ4n) is 3.36. The Hall–Kier alpha value is -1.08. The lowest BCUT2D eigenvalue weighted by Crippen LogP contribution is -2.42. The van der Waals surface area contributed by atoms with E-state index in [9.17, 15) is 0 Å². The van der Waals surface area contributed by atoms with Gasteiger partial charge in [0.1, 0.15) is 0 Å².